The van der Waals surface area contributed by atoms with Gasteiger partial charge < -0.3 is 10.1 Å². The lowest BCUT2D eigenvalue weighted by Gasteiger charge is -2.19. The second kappa shape index (κ2) is 8.43. The number of amides is 3. The lowest BCUT2D eigenvalue weighted by Crippen LogP contribution is -2.34. The van der Waals surface area contributed by atoms with Gasteiger partial charge in [-0.05, 0) is 39.2 Å². The van der Waals surface area contributed by atoms with Gasteiger partial charge in [-0.2, -0.15) is 0 Å². The van der Waals surface area contributed by atoms with Crippen molar-refractivity contribution < 1.29 is 23.9 Å². The number of fused-ring (bicyclic) bond motifs is 1. The number of anilines is 1. The molecule has 0 bridgehead atoms. The predicted molar refractivity (Wildman–Crippen MR) is 105 cm³/mol. The summed E-state index contributed by atoms with van der Waals surface area (Å²) in [5.41, 5.74) is 1.16. The largest absolute Gasteiger partial charge is 0.462 e. The Bertz CT molecular complexity index is 792. The van der Waals surface area contributed by atoms with E-state index in [0.29, 0.717) is 10.6 Å². The molecule has 0 spiro atoms. The first kappa shape index (κ1) is 20.5. The molecule has 2 fully saturated rings. The number of aryl methyl sites for hydroxylation is 1. The van der Waals surface area contributed by atoms with Crippen LogP contribution in [-0.2, 0) is 19.1 Å². The van der Waals surface area contributed by atoms with E-state index in [0.717, 1.165) is 36.1 Å². The molecule has 3 rings (SSSR count). The highest BCUT2D eigenvalue weighted by Crippen LogP contribution is 2.38. The highest BCUT2D eigenvalue weighted by molar-refractivity contribution is 7.16. The summed E-state index contributed by atoms with van der Waals surface area (Å²) in [5.74, 6) is -1.49. The van der Waals surface area contributed by atoms with E-state index >= 15 is 0 Å². The Morgan fingerprint density at radius 2 is 1.75 bits per heavy atom. The SMILES string of the molecule is CCOC(=O)c1c(NC(=O)CCN2C(=O)[C@@H]3CCCC[C@H]3C2=O)sc(C)c1C. The Kier molecular flexibility index (Phi) is 6.17. The molecule has 1 saturated heterocycles. The summed E-state index contributed by atoms with van der Waals surface area (Å²) in [6.45, 7) is 5.75. The van der Waals surface area contributed by atoms with Crippen molar-refractivity contribution >= 4 is 40.0 Å². The van der Waals surface area contributed by atoms with Crippen LogP contribution < -0.4 is 5.32 Å². The van der Waals surface area contributed by atoms with Crippen LogP contribution in [0.1, 0.15) is 59.8 Å². The van der Waals surface area contributed by atoms with Gasteiger partial charge in [0.2, 0.25) is 17.7 Å². The lowest BCUT2D eigenvalue weighted by molar-refractivity contribution is -0.140. The third-order valence-corrected chi connectivity index (χ3v) is 6.74. The zero-order valence-corrected chi connectivity index (χ0v) is 17.3. The van der Waals surface area contributed by atoms with Crippen molar-refractivity contribution in [1.82, 2.24) is 4.90 Å². The molecule has 0 radical (unpaired) electrons. The molecule has 1 aromatic rings. The summed E-state index contributed by atoms with van der Waals surface area (Å²) < 4.78 is 5.09. The van der Waals surface area contributed by atoms with Crippen molar-refractivity contribution in [2.75, 3.05) is 18.5 Å². The summed E-state index contributed by atoms with van der Waals surface area (Å²) in [4.78, 5) is 51.8. The Morgan fingerprint density at radius 1 is 1.14 bits per heavy atom. The second-order valence-corrected chi connectivity index (χ2v) is 8.56. The van der Waals surface area contributed by atoms with Gasteiger partial charge in [-0.25, -0.2) is 4.79 Å². The number of nitrogens with zero attached hydrogens (tertiary/aromatic N) is 1. The van der Waals surface area contributed by atoms with E-state index in [1.54, 1.807) is 6.92 Å². The first-order chi connectivity index (χ1) is 13.3. The molecule has 0 unspecified atom stereocenters. The molecule has 1 aliphatic heterocycles. The molecule has 1 aliphatic carbocycles. The van der Waals surface area contributed by atoms with E-state index in [4.69, 9.17) is 4.74 Å². The third kappa shape index (κ3) is 3.83. The van der Waals surface area contributed by atoms with Crippen LogP contribution in [0.15, 0.2) is 0 Å². The Labute approximate surface area is 168 Å². The van der Waals surface area contributed by atoms with E-state index in [-0.39, 0.29) is 49.1 Å². The summed E-state index contributed by atoms with van der Waals surface area (Å²) in [6, 6.07) is 0. The van der Waals surface area contributed by atoms with E-state index in [9.17, 15) is 19.2 Å². The van der Waals surface area contributed by atoms with Crippen LogP contribution in [0.3, 0.4) is 0 Å². The highest BCUT2D eigenvalue weighted by Gasteiger charge is 2.47. The van der Waals surface area contributed by atoms with Gasteiger partial charge in [0.15, 0.2) is 0 Å². The third-order valence-electron chi connectivity index (χ3n) is 5.61. The molecule has 2 heterocycles. The van der Waals surface area contributed by atoms with Crippen LogP contribution in [0.4, 0.5) is 5.00 Å². The number of imide groups is 1. The molecule has 8 heteroatoms. The van der Waals surface area contributed by atoms with Gasteiger partial charge in [-0.3, -0.25) is 19.3 Å². The Hall–Kier alpha value is -2.22. The molecule has 152 valence electrons. The van der Waals surface area contributed by atoms with Crippen LogP contribution in [0.25, 0.3) is 0 Å². The maximum Gasteiger partial charge on any atom is 0.341 e. The number of rotatable bonds is 6. The van der Waals surface area contributed by atoms with Crippen molar-refractivity contribution in [2.45, 2.75) is 52.9 Å². The fourth-order valence-corrected chi connectivity index (χ4v) is 5.08. The van der Waals surface area contributed by atoms with Crippen LogP contribution >= 0.6 is 11.3 Å². The zero-order chi connectivity index (χ0) is 20.4. The van der Waals surface area contributed by atoms with E-state index in [1.165, 1.54) is 16.2 Å². The van der Waals surface area contributed by atoms with Gasteiger partial charge in [0.25, 0.3) is 0 Å². The van der Waals surface area contributed by atoms with E-state index in [1.807, 2.05) is 13.8 Å². The number of carbonyl (C=O) groups is 4. The van der Waals surface area contributed by atoms with Crippen LogP contribution in [0.5, 0.6) is 0 Å². The summed E-state index contributed by atoms with van der Waals surface area (Å²) >= 11 is 1.32. The smallest absolute Gasteiger partial charge is 0.341 e. The molecule has 2 aliphatic rings. The average Bonchev–Trinajstić information content (AvgIpc) is 3.07. The first-order valence-electron chi connectivity index (χ1n) is 9.77. The molecule has 2 atom stereocenters. The lowest BCUT2D eigenvalue weighted by atomic mass is 9.81. The zero-order valence-electron chi connectivity index (χ0n) is 16.5. The van der Waals surface area contributed by atoms with E-state index < -0.39 is 5.97 Å². The monoisotopic (exact) mass is 406 g/mol. The normalized spacial score (nSPS) is 21.6. The van der Waals surface area contributed by atoms with Gasteiger partial charge in [-0.15, -0.1) is 11.3 Å². The van der Waals surface area contributed by atoms with E-state index in [2.05, 4.69) is 5.32 Å². The molecule has 1 N–H and O–H groups in total. The minimum absolute atomic E-state index is 0.00911. The van der Waals surface area contributed by atoms with Crippen molar-refractivity contribution in [3.05, 3.63) is 16.0 Å². The molecule has 1 saturated carbocycles. The Morgan fingerprint density at radius 3 is 2.32 bits per heavy atom. The van der Waals surface area contributed by atoms with Gasteiger partial charge in [-0.1, -0.05) is 12.8 Å². The van der Waals surface area contributed by atoms with Crippen molar-refractivity contribution in [2.24, 2.45) is 11.8 Å². The predicted octanol–water partition coefficient (Wildman–Crippen LogP) is 3.05. The maximum absolute atomic E-state index is 12.5. The van der Waals surface area contributed by atoms with Gasteiger partial charge in [0.05, 0.1) is 24.0 Å². The number of esters is 1. The molecular weight excluding hydrogens is 380 g/mol. The number of hydrogen-bond acceptors (Lipinski definition) is 6. The maximum atomic E-state index is 12.5. The molecule has 7 nitrogen and oxygen atoms in total. The minimum atomic E-state index is -0.464. The van der Waals surface area contributed by atoms with Crippen molar-refractivity contribution in [1.29, 1.82) is 0 Å². The number of nitrogens with one attached hydrogen (secondary N) is 1. The minimum Gasteiger partial charge on any atom is -0.462 e. The summed E-state index contributed by atoms with van der Waals surface area (Å²) in [6.07, 6.45) is 3.48. The van der Waals surface area contributed by atoms with Crippen LogP contribution in [0, 0.1) is 25.7 Å². The van der Waals surface area contributed by atoms with Crippen molar-refractivity contribution in [3.8, 4) is 0 Å². The summed E-state index contributed by atoms with van der Waals surface area (Å²) in [7, 11) is 0. The van der Waals surface area contributed by atoms with Crippen LogP contribution in [0.2, 0.25) is 0 Å². The fraction of sp³-hybridized carbons (Fsp3) is 0.600. The number of thiophene rings is 1. The van der Waals surface area contributed by atoms with Gasteiger partial charge in [0.1, 0.15) is 5.00 Å². The number of ether oxygens (including phenoxy) is 1. The molecule has 3 amide bonds. The van der Waals surface area contributed by atoms with Crippen LogP contribution in [-0.4, -0.2) is 41.7 Å². The van der Waals surface area contributed by atoms with Crippen molar-refractivity contribution in [3.63, 3.8) is 0 Å². The first-order valence-corrected chi connectivity index (χ1v) is 10.6. The highest BCUT2D eigenvalue weighted by atomic mass is 32.1. The fourth-order valence-electron chi connectivity index (χ4n) is 4.02. The molecule has 28 heavy (non-hydrogen) atoms. The molecular formula is C20H26N2O5S. The average molecular weight is 407 g/mol. The number of carbonyl (C=O) groups excluding carboxylic acids is 4. The van der Waals surface area contributed by atoms with Gasteiger partial charge >= 0.3 is 5.97 Å². The quantitative estimate of drug-likeness (QED) is 0.579. The topological polar surface area (TPSA) is 92.8 Å². The Balaban J connectivity index is 1.64. The standard InChI is InChI=1S/C20H26N2O5S/c1-4-27-20(26)16-11(2)12(3)28-17(16)21-15(23)9-10-22-18(24)13-7-5-6-8-14(13)19(22)25/h13-14H,4-10H2,1-3H3,(H,21,23)/t13-,14-/m1/s1. The molecule has 0 aromatic carbocycles. The number of likely N-dealkylation sites (tertiary alicyclic amines) is 1. The molecule has 1 aromatic heterocycles. The second-order valence-electron chi connectivity index (χ2n) is 7.33. The number of hydrogen-bond donors (Lipinski definition) is 1. The van der Waals surface area contributed by atoms with Gasteiger partial charge in [0, 0.05) is 17.8 Å². The summed E-state index contributed by atoms with van der Waals surface area (Å²) in [5, 5.41) is 3.21.